The molecule has 0 aliphatic heterocycles. The number of sulfonamides is 1. The summed E-state index contributed by atoms with van der Waals surface area (Å²) >= 11 is 7.01. The van der Waals surface area contributed by atoms with Crippen molar-refractivity contribution in [3.8, 4) is 0 Å². The maximum Gasteiger partial charge on any atom is 0.266 e. The number of aromatic nitrogens is 1. The smallest absolute Gasteiger partial charge is 0.266 e. The van der Waals surface area contributed by atoms with E-state index in [0.29, 0.717) is 0 Å². The van der Waals surface area contributed by atoms with Gasteiger partial charge in [0.05, 0.1) is 5.69 Å². The Kier molecular flexibility index (Phi) is 5.61. The lowest BCUT2D eigenvalue weighted by molar-refractivity contribution is 0.570. The Balaban J connectivity index is 1.88. The first-order valence-electron chi connectivity index (χ1n) is 7.46. The number of rotatable bonds is 6. The van der Waals surface area contributed by atoms with Gasteiger partial charge in [0.1, 0.15) is 21.9 Å². The zero-order valence-electron chi connectivity index (χ0n) is 13.5. The molecule has 142 valence electrons. The molecule has 0 spiro atoms. The van der Waals surface area contributed by atoms with Crippen LogP contribution in [0.5, 0.6) is 0 Å². The van der Waals surface area contributed by atoms with Crippen molar-refractivity contribution >= 4 is 43.8 Å². The summed E-state index contributed by atoms with van der Waals surface area (Å²) in [7, 11) is -4.22. The van der Waals surface area contributed by atoms with E-state index < -0.39 is 37.7 Å². The Hall–Kier alpha value is -2.27. The van der Waals surface area contributed by atoms with E-state index in [-0.39, 0.29) is 16.4 Å². The van der Waals surface area contributed by atoms with Crippen LogP contribution in [0.1, 0.15) is 11.7 Å². The number of anilines is 2. The van der Waals surface area contributed by atoms with E-state index in [4.69, 9.17) is 17.3 Å². The number of nitrogens with one attached hydrogen (secondary N) is 2. The van der Waals surface area contributed by atoms with E-state index >= 15 is 0 Å². The van der Waals surface area contributed by atoms with Crippen LogP contribution in [0.15, 0.2) is 52.9 Å². The molecular formula is C16H13ClF2N4O2S2. The van der Waals surface area contributed by atoms with E-state index in [0.717, 1.165) is 17.4 Å². The molecule has 11 heteroatoms. The highest BCUT2D eigenvalue weighted by molar-refractivity contribution is 7.93. The van der Waals surface area contributed by atoms with Crippen molar-refractivity contribution in [1.82, 2.24) is 4.98 Å². The quantitative estimate of drug-likeness (QED) is 0.514. The van der Waals surface area contributed by atoms with Gasteiger partial charge in [-0.15, -0.1) is 11.3 Å². The summed E-state index contributed by atoms with van der Waals surface area (Å²) in [5, 5.41) is 3.85. The molecule has 6 nitrogen and oxygen atoms in total. The number of benzene rings is 2. The van der Waals surface area contributed by atoms with Gasteiger partial charge < -0.3 is 11.1 Å². The molecular weight excluding hydrogens is 418 g/mol. The van der Waals surface area contributed by atoms with Crippen molar-refractivity contribution < 1.29 is 17.2 Å². The minimum atomic E-state index is -4.22. The van der Waals surface area contributed by atoms with Crippen LogP contribution in [0.3, 0.4) is 0 Å². The van der Waals surface area contributed by atoms with Gasteiger partial charge in [0.2, 0.25) is 0 Å². The van der Waals surface area contributed by atoms with Crippen LogP contribution in [-0.4, -0.2) is 13.4 Å². The summed E-state index contributed by atoms with van der Waals surface area (Å²) < 4.78 is 55.2. The standard InChI is InChI=1S/C16H13ClF2N4O2S2/c17-13-11(22-15(20)9-3-1-2-4-10(9)18)5-6-12(14(13)19)27(24,25)23-16-21-7-8-26-16/h1-8,15,22H,20H2,(H,21,23)/t15-/m1/s1. The second-order valence-corrected chi connectivity index (χ2v) is 8.25. The fourth-order valence-electron chi connectivity index (χ4n) is 2.27. The zero-order valence-corrected chi connectivity index (χ0v) is 15.9. The van der Waals surface area contributed by atoms with E-state index in [9.17, 15) is 17.2 Å². The number of hydrogen-bond donors (Lipinski definition) is 3. The number of hydrogen-bond acceptors (Lipinski definition) is 6. The van der Waals surface area contributed by atoms with Crippen LogP contribution in [0.2, 0.25) is 5.02 Å². The summed E-state index contributed by atoms with van der Waals surface area (Å²) in [6.07, 6.45) is 0.391. The number of nitrogens with two attached hydrogens (primary N) is 1. The molecule has 1 aromatic heterocycles. The van der Waals surface area contributed by atoms with E-state index in [1.807, 2.05) is 0 Å². The SMILES string of the molecule is N[C@H](Nc1ccc(S(=O)(=O)Nc2nccs2)c(F)c1Cl)c1ccccc1F. The number of thiazole rings is 1. The third-order valence-corrected chi connectivity index (χ3v) is 6.09. The second-order valence-electron chi connectivity index (χ2n) is 5.33. The van der Waals surface area contributed by atoms with Crippen LogP contribution >= 0.6 is 22.9 Å². The molecule has 1 atom stereocenters. The van der Waals surface area contributed by atoms with Crippen LogP contribution in [-0.2, 0) is 10.0 Å². The molecule has 0 amide bonds. The molecule has 4 N–H and O–H groups in total. The Labute approximate surface area is 163 Å². The molecule has 1 heterocycles. The Morgan fingerprint density at radius 1 is 1.19 bits per heavy atom. The topological polar surface area (TPSA) is 97.1 Å². The van der Waals surface area contributed by atoms with Gasteiger partial charge in [-0.1, -0.05) is 29.8 Å². The van der Waals surface area contributed by atoms with Gasteiger partial charge in [-0.3, -0.25) is 4.72 Å². The van der Waals surface area contributed by atoms with Crippen molar-refractivity contribution in [3.63, 3.8) is 0 Å². The average Bonchev–Trinajstić information content (AvgIpc) is 3.11. The molecule has 0 bridgehead atoms. The largest absolute Gasteiger partial charge is 0.365 e. The van der Waals surface area contributed by atoms with Gasteiger partial charge in [0, 0.05) is 17.1 Å². The predicted molar refractivity (Wildman–Crippen MR) is 101 cm³/mol. The molecule has 0 aliphatic carbocycles. The molecule has 2 aromatic carbocycles. The van der Waals surface area contributed by atoms with E-state index in [1.54, 1.807) is 11.4 Å². The molecule has 0 aliphatic rings. The fourth-order valence-corrected chi connectivity index (χ4v) is 4.41. The second kappa shape index (κ2) is 7.77. The van der Waals surface area contributed by atoms with E-state index in [2.05, 4.69) is 15.0 Å². The highest BCUT2D eigenvalue weighted by atomic mass is 35.5. The van der Waals surface area contributed by atoms with Crippen molar-refractivity contribution in [2.75, 3.05) is 10.0 Å². The molecule has 3 aromatic rings. The van der Waals surface area contributed by atoms with Crippen molar-refractivity contribution in [1.29, 1.82) is 0 Å². The maximum atomic E-state index is 14.6. The predicted octanol–water partition coefficient (Wildman–Crippen LogP) is 3.94. The third-order valence-electron chi connectivity index (χ3n) is 3.54. The van der Waals surface area contributed by atoms with Gasteiger partial charge in [0.15, 0.2) is 10.9 Å². The van der Waals surface area contributed by atoms with Crippen LogP contribution in [0, 0.1) is 11.6 Å². The van der Waals surface area contributed by atoms with Gasteiger partial charge in [-0.2, -0.15) is 0 Å². The highest BCUT2D eigenvalue weighted by Crippen LogP contribution is 2.32. The van der Waals surface area contributed by atoms with Gasteiger partial charge >= 0.3 is 0 Å². The zero-order chi connectivity index (χ0) is 19.6. The summed E-state index contributed by atoms with van der Waals surface area (Å²) in [5.74, 6) is -1.70. The first kappa shape index (κ1) is 19.5. The minimum Gasteiger partial charge on any atom is -0.365 e. The molecule has 0 saturated heterocycles. The average molecular weight is 431 g/mol. The van der Waals surface area contributed by atoms with Gasteiger partial charge in [0.25, 0.3) is 10.0 Å². The summed E-state index contributed by atoms with van der Waals surface area (Å²) in [6.45, 7) is 0. The fraction of sp³-hybridized carbons (Fsp3) is 0.0625. The Bertz CT molecular complexity index is 1060. The molecule has 0 unspecified atom stereocenters. The summed E-state index contributed by atoms with van der Waals surface area (Å²) in [4.78, 5) is 3.14. The maximum absolute atomic E-state index is 14.6. The lowest BCUT2D eigenvalue weighted by Gasteiger charge is -2.18. The number of halogens is 3. The lowest BCUT2D eigenvalue weighted by Crippen LogP contribution is -2.22. The number of nitrogens with zero attached hydrogens (tertiary/aromatic N) is 1. The van der Waals surface area contributed by atoms with Crippen LogP contribution in [0.4, 0.5) is 19.6 Å². The molecule has 0 fully saturated rings. The van der Waals surface area contributed by atoms with E-state index in [1.165, 1.54) is 30.5 Å². The van der Waals surface area contributed by atoms with Gasteiger partial charge in [-0.25, -0.2) is 22.2 Å². The van der Waals surface area contributed by atoms with Gasteiger partial charge in [-0.05, 0) is 18.2 Å². The molecule has 0 radical (unpaired) electrons. The lowest BCUT2D eigenvalue weighted by atomic mass is 10.1. The first-order chi connectivity index (χ1) is 12.8. The third kappa shape index (κ3) is 4.19. The molecule has 27 heavy (non-hydrogen) atoms. The summed E-state index contributed by atoms with van der Waals surface area (Å²) in [5.41, 5.74) is 6.07. The normalized spacial score (nSPS) is 12.6. The Morgan fingerprint density at radius 3 is 2.59 bits per heavy atom. The highest BCUT2D eigenvalue weighted by Gasteiger charge is 2.24. The molecule has 3 rings (SSSR count). The summed E-state index contributed by atoms with van der Waals surface area (Å²) in [6, 6.07) is 8.10. The Morgan fingerprint density at radius 2 is 1.93 bits per heavy atom. The monoisotopic (exact) mass is 430 g/mol. The van der Waals surface area contributed by atoms with Crippen LogP contribution < -0.4 is 15.8 Å². The minimum absolute atomic E-state index is 0.0260. The first-order valence-corrected chi connectivity index (χ1v) is 10.2. The van der Waals surface area contributed by atoms with Crippen molar-refractivity contribution in [2.45, 2.75) is 11.1 Å². The van der Waals surface area contributed by atoms with Crippen molar-refractivity contribution in [3.05, 3.63) is 70.2 Å². The van der Waals surface area contributed by atoms with Crippen molar-refractivity contribution in [2.24, 2.45) is 5.73 Å². The van der Waals surface area contributed by atoms with Crippen LogP contribution in [0.25, 0.3) is 0 Å². The molecule has 0 saturated carbocycles.